The van der Waals surface area contributed by atoms with Crippen LogP contribution in [0.3, 0.4) is 0 Å². The smallest absolute Gasteiger partial charge is 0.0537 e. The molecule has 0 spiro atoms. The Morgan fingerprint density at radius 3 is 3.11 bits per heavy atom. The van der Waals surface area contributed by atoms with Crippen molar-refractivity contribution in [2.75, 3.05) is 0 Å². The third-order valence-electron chi connectivity index (χ3n) is 3.86. The number of thiophene rings is 1. The first kappa shape index (κ1) is 12.9. The summed E-state index contributed by atoms with van der Waals surface area (Å²) in [5.74, 6) is 0. The Morgan fingerprint density at radius 2 is 2.37 bits per heavy atom. The van der Waals surface area contributed by atoms with Crippen LogP contribution >= 0.6 is 11.3 Å². The molecule has 1 aliphatic carbocycles. The Hall–Kier alpha value is -1.13. The normalized spacial score (nSPS) is 15.7. The van der Waals surface area contributed by atoms with Crippen molar-refractivity contribution in [2.24, 2.45) is 0 Å². The van der Waals surface area contributed by atoms with Gasteiger partial charge >= 0.3 is 0 Å². The summed E-state index contributed by atoms with van der Waals surface area (Å²) in [7, 11) is 0. The quantitative estimate of drug-likeness (QED) is 0.907. The van der Waals surface area contributed by atoms with Gasteiger partial charge in [-0.3, -0.25) is 4.68 Å². The van der Waals surface area contributed by atoms with Crippen molar-refractivity contribution in [2.45, 2.75) is 52.2 Å². The Morgan fingerprint density at radius 1 is 1.47 bits per heavy atom. The predicted molar refractivity (Wildman–Crippen MR) is 79.5 cm³/mol. The van der Waals surface area contributed by atoms with Gasteiger partial charge < -0.3 is 5.32 Å². The molecule has 0 aromatic carbocycles. The molecular weight excluding hydrogens is 254 g/mol. The van der Waals surface area contributed by atoms with Gasteiger partial charge in [0.25, 0.3) is 0 Å². The summed E-state index contributed by atoms with van der Waals surface area (Å²) in [6.07, 6.45) is 8.02. The summed E-state index contributed by atoms with van der Waals surface area (Å²) >= 11 is 1.99. The van der Waals surface area contributed by atoms with E-state index in [4.69, 9.17) is 0 Å². The zero-order valence-electron chi connectivity index (χ0n) is 11.6. The van der Waals surface area contributed by atoms with Gasteiger partial charge in [-0.25, -0.2) is 0 Å². The number of rotatable bonds is 5. The minimum atomic E-state index is 0.359. The molecular formula is C15H21N3S. The lowest BCUT2D eigenvalue weighted by Gasteiger charge is -2.10. The van der Waals surface area contributed by atoms with Gasteiger partial charge in [0, 0.05) is 40.6 Å². The molecule has 2 aromatic heterocycles. The van der Waals surface area contributed by atoms with Crippen molar-refractivity contribution in [1.29, 1.82) is 0 Å². The second-order valence-electron chi connectivity index (χ2n) is 5.25. The molecule has 0 saturated heterocycles. The minimum absolute atomic E-state index is 0.359. The highest BCUT2D eigenvalue weighted by Gasteiger charge is 2.15. The van der Waals surface area contributed by atoms with E-state index in [1.165, 1.54) is 29.7 Å². The van der Waals surface area contributed by atoms with E-state index in [0.29, 0.717) is 6.04 Å². The van der Waals surface area contributed by atoms with Gasteiger partial charge in [-0.1, -0.05) is 0 Å². The molecule has 2 heterocycles. The van der Waals surface area contributed by atoms with Crippen LogP contribution in [0.25, 0.3) is 0 Å². The van der Waals surface area contributed by atoms with Gasteiger partial charge in [-0.05, 0) is 44.7 Å². The SMILES string of the molecule is CCn1cc(C(C)NCc2cc3c(s2)CCC3)cn1. The number of aryl methyl sites for hydroxylation is 3. The topological polar surface area (TPSA) is 29.9 Å². The lowest BCUT2D eigenvalue weighted by atomic mass is 10.2. The molecule has 0 aliphatic heterocycles. The molecule has 0 bridgehead atoms. The average Bonchev–Trinajstić information content (AvgIpc) is 3.10. The van der Waals surface area contributed by atoms with Gasteiger partial charge in [0.05, 0.1) is 6.20 Å². The van der Waals surface area contributed by atoms with E-state index in [1.807, 2.05) is 22.2 Å². The summed E-state index contributed by atoms with van der Waals surface area (Å²) in [6.45, 7) is 6.22. The van der Waals surface area contributed by atoms with Crippen molar-refractivity contribution in [3.8, 4) is 0 Å². The number of nitrogens with one attached hydrogen (secondary N) is 1. The molecule has 1 atom stereocenters. The van der Waals surface area contributed by atoms with Crippen LogP contribution in [0, 0.1) is 0 Å². The Kier molecular flexibility index (Phi) is 3.71. The first-order valence-corrected chi connectivity index (χ1v) is 7.94. The van der Waals surface area contributed by atoms with Crippen molar-refractivity contribution in [1.82, 2.24) is 15.1 Å². The second-order valence-corrected chi connectivity index (χ2v) is 6.47. The standard InChI is InChI=1S/C15H21N3S/c1-3-18-10-13(8-17-18)11(2)16-9-14-7-12-5-4-6-15(12)19-14/h7-8,10-11,16H,3-6,9H2,1-2H3. The minimum Gasteiger partial charge on any atom is -0.305 e. The second kappa shape index (κ2) is 5.47. The fourth-order valence-electron chi connectivity index (χ4n) is 2.63. The monoisotopic (exact) mass is 275 g/mol. The van der Waals surface area contributed by atoms with E-state index in [-0.39, 0.29) is 0 Å². The summed E-state index contributed by atoms with van der Waals surface area (Å²) in [5, 5.41) is 7.93. The first-order valence-electron chi connectivity index (χ1n) is 7.12. The van der Waals surface area contributed by atoms with E-state index in [1.54, 1.807) is 10.4 Å². The number of nitrogens with zero attached hydrogens (tertiary/aromatic N) is 2. The highest BCUT2D eigenvalue weighted by molar-refractivity contribution is 7.12. The molecule has 0 fully saturated rings. The molecule has 19 heavy (non-hydrogen) atoms. The summed E-state index contributed by atoms with van der Waals surface area (Å²) in [5.41, 5.74) is 2.86. The molecule has 0 radical (unpaired) electrons. The predicted octanol–water partition coefficient (Wildman–Crippen LogP) is 3.30. The zero-order valence-corrected chi connectivity index (χ0v) is 12.5. The summed E-state index contributed by atoms with van der Waals surface area (Å²) in [4.78, 5) is 3.09. The lowest BCUT2D eigenvalue weighted by molar-refractivity contribution is 0.576. The molecule has 2 aromatic rings. The number of hydrogen-bond donors (Lipinski definition) is 1. The van der Waals surface area contributed by atoms with Crippen LogP contribution in [0.15, 0.2) is 18.5 Å². The maximum Gasteiger partial charge on any atom is 0.0537 e. The van der Waals surface area contributed by atoms with Crippen LogP contribution < -0.4 is 5.32 Å². The van der Waals surface area contributed by atoms with Crippen LogP contribution in [0.5, 0.6) is 0 Å². The molecule has 1 unspecified atom stereocenters. The first-order chi connectivity index (χ1) is 9.26. The van der Waals surface area contributed by atoms with Crippen LogP contribution in [0.4, 0.5) is 0 Å². The van der Waals surface area contributed by atoms with E-state index in [9.17, 15) is 0 Å². The average molecular weight is 275 g/mol. The van der Waals surface area contributed by atoms with E-state index < -0.39 is 0 Å². The van der Waals surface area contributed by atoms with Crippen molar-refractivity contribution in [3.05, 3.63) is 39.3 Å². The van der Waals surface area contributed by atoms with Crippen molar-refractivity contribution >= 4 is 11.3 Å². The highest BCUT2D eigenvalue weighted by atomic mass is 32.1. The largest absolute Gasteiger partial charge is 0.305 e. The summed E-state index contributed by atoms with van der Waals surface area (Å²) in [6, 6.07) is 2.75. The maximum atomic E-state index is 4.33. The molecule has 1 N–H and O–H groups in total. The Bertz CT molecular complexity index is 534. The Balaban J connectivity index is 1.58. The van der Waals surface area contributed by atoms with Crippen LogP contribution in [0.1, 0.15) is 47.2 Å². The Labute approximate surface area is 118 Å². The van der Waals surface area contributed by atoms with Gasteiger partial charge in [-0.15, -0.1) is 11.3 Å². The lowest BCUT2D eigenvalue weighted by Crippen LogP contribution is -2.17. The van der Waals surface area contributed by atoms with Crippen LogP contribution in [0.2, 0.25) is 0 Å². The van der Waals surface area contributed by atoms with Crippen LogP contribution in [-0.4, -0.2) is 9.78 Å². The number of aromatic nitrogens is 2. The van der Waals surface area contributed by atoms with Gasteiger partial charge in [-0.2, -0.15) is 5.10 Å². The van der Waals surface area contributed by atoms with Gasteiger partial charge in [0.15, 0.2) is 0 Å². The molecule has 3 rings (SSSR count). The molecule has 3 nitrogen and oxygen atoms in total. The number of fused-ring (bicyclic) bond motifs is 1. The van der Waals surface area contributed by atoms with Gasteiger partial charge in [0.1, 0.15) is 0 Å². The van der Waals surface area contributed by atoms with Gasteiger partial charge in [0.2, 0.25) is 0 Å². The third kappa shape index (κ3) is 2.74. The fraction of sp³-hybridized carbons (Fsp3) is 0.533. The fourth-order valence-corrected chi connectivity index (χ4v) is 3.84. The molecule has 4 heteroatoms. The van der Waals surface area contributed by atoms with Crippen molar-refractivity contribution in [3.63, 3.8) is 0 Å². The third-order valence-corrected chi connectivity index (χ3v) is 5.09. The van der Waals surface area contributed by atoms with Crippen molar-refractivity contribution < 1.29 is 0 Å². The zero-order chi connectivity index (χ0) is 13.2. The van der Waals surface area contributed by atoms with E-state index in [0.717, 1.165) is 13.1 Å². The molecule has 0 saturated carbocycles. The number of hydrogen-bond acceptors (Lipinski definition) is 3. The molecule has 102 valence electrons. The van der Waals surface area contributed by atoms with Crippen LogP contribution in [-0.2, 0) is 25.9 Å². The van der Waals surface area contributed by atoms with E-state index in [2.05, 4.69) is 36.5 Å². The molecule has 0 amide bonds. The maximum absolute atomic E-state index is 4.33. The highest BCUT2D eigenvalue weighted by Crippen LogP contribution is 2.30. The molecule has 1 aliphatic rings. The summed E-state index contributed by atoms with van der Waals surface area (Å²) < 4.78 is 1.98. The van der Waals surface area contributed by atoms with E-state index >= 15 is 0 Å².